The molecule has 0 amide bonds. The van der Waals surface area contributed by atoms with Gasteiger partial charge in [-0.15, -0.1) is 0 Å². The van der Waals surface area contributed by atoms with E-state index < -0.39 is 15.8 Å². The van der Waals surface area contributed by atoms with Gasteiger partial charge in [0, 0.05) is 30.8 Å². The molecule has 7 heteroatoms. The fourth-order valence-corrected chi connectivity index (χ4v) is 5.50. The third kappa shape index (κ3) is 3.79. The Hall–Kier alpha value is -1.96. The number of likely N-dealkylation sites (N-methyl/N-ethyl adjacent to an activating group) is 1. The Kier molecular flexibility index (Phi) is 5.79. The molecular weight excluding hydrogens is 379 g/mol. The second-order valence-electron chi connectivity index (χ2n) is 7.55. The third-order valence-corrected chi connectivity index (χ3v) is 7.46. The Balaban J connectivity index is 2.08. The summed E-state index contributed by atoms with van der Waals surface area (Å²) in [6, 6.07) is 8.07. The lowest BCUT2D eigenvalue weighted by atomic mass is 9.98. The summed E-state index contributed by atoms with van der Waals surface area (Å²) >= 11 is 0. The zero-order valence-electron chi connectivity index (χ0n) is 17.0. The first-order valence-corrected chi connectivity index (χ1v) is 10.7. The van der Waals surface area contributed by atoms with Gasteiger partial charge in [-0.1, -0.05) is 6.07 Å². The smallest absolute Gasteiger partial charge is 0.243 e. The average Bonchev–Trinajstić information content (AvgIpc) is 3.13. The highest BCUT2D eigenvalue weighted by atomic mass is 32.2. The summed E-state index contributed by atoms with van der Waals surface area (Å²) in [5.74, 6) is -0.0193. The van der Waals surface area contributed by atoms with Crippen molar-refractivity contribution in [3.63, 3.8) is 0 Å². The molecule has 0 bridgehead atoms. The Labute approximate surface area is 166 Å². The number of nitrogens with zero attached hydrogens (tertiary/aromatic N) is 2. The van der Waals surface area contributed by atoms with Gasteiger partial charge in [0.15, 0.2) is 0 Å². The first kappa shape index (κ1) is 20.8. The van der Waals surface area contributed by atoms with Crippen molar-refractivity contribution in [2.24, 2.45) is 0 Å². The van der Waals surface area contributed by atoms with E-state index in [0.29, 0.717) is 34.9 Å². The number of benzene rings is 2. The third-order valence-electron chi connectivity index (χ3n) is 5.45. The zero-order chi connectivity index (χ0) is 20.6. The summed E-state index contributed by atoms with van der Waals surface area (Å²) in [6.45, 7) is 4.72. The van der Waals surface area contributed by atoms with Crippen molar-refractivity contribution in [1.29, 1.82) is 0 Å². The second kappa shape index (κ2) is 7.81. The monoisotopic (exact) mass is 406 g/mol. The molecule has 28 heavy (non-hydrogen) atoms. The van der Waals surface area contributed by atoms with Crippen molar-refractivity contribution in [3.05, 3.63) is 47.3 Å². The van der Waals surface area contributed by atoms with Gasteiger partial charge in [0.2, 0.25) is 10.0 Å². The summed E-state index contributed by atoms with van der Waals surface area (Å²) in [6.07, 6.45) is 0.815. The van der Waals surface area contributed by atoms with Crippen LogP contribution in [0.15, 0.2) is 35.2 Å². The molecule has 0 radical (unpaired) electrons. The normalized spacial score (nSPS) is 18.0. The molecule has 1 fully saturated rings. The molecule has 0 saturated carbocycles. The first-order chi connectivity index (χ1) is 13.1. The fourth-order valence-electron chi connectivity index (χ4n) is 3.78. The van der Waals surface area contributed by atoms with Crippen LogP contribution in [0.2, 0.25) is 0 Å². The van der Waals surface area contributed by atoms with E-state index in [4.69, 9.17) is 4.74 Å². The molecule has 2 aromatic rings. The van der Waals surface area contributed by atoms with Crippen LogP contribution in [0, 0.1) is 19.7 Å². The SMILES string of the molecule is COc1cc(F)ccc1-c1cc(S(=O)(=O)N2CC[C@@H](N(C)C)C2)c(C)cc1C. The van der Waals surface area contributed by atoms with E-state index in [2.05, 4.69) is 4.90 Å². The maximum absolute atomic E-state index is 13.6. The average molecular weight is 407 g/mol. The molecule has 0 N–H and O–H groups in total. The molecule has 0 aromatic heterocycles. The minimum absolute atomic E-state index is 0.220. The molecule has 1 heterocycles. The van der Waals surface area contributed by atoms with Crippen LogP contribution in [-0.2, 0) is 10.0 Å². The van der Waals surface area contributed by atoms with Gasteiger partial charge in [-0.3, -0.25) is 0 Å². The number of sulfonamides is 1. The highest BCUT2D eigenvalue weighted by Gasteiger charge is 2.34. The number of methoxy groups -OCH3 is 1. The maximum Gasteiger partial charge on any atom is 0.243 e. The van der Waals surface area contributed by atoms with E-state index in [0.717, 1.165) is 17.5 Å². The molecule has 5 nitrogen and oxygen atoms in total. The number of rotatable bonds is 5. The lowest BCUT2D eigenvalue weighted by molar-refractivity contribution is 0.302. The highest BCUT2D eigenvalue weighted by molar-refractivity contribution is 7.89. The minimum atomic E-state index is -3.62. The van der Waals surface area contributed by atoms with Gasteiger partial charge in [0.1, 0.15) is 11.6 Å². The molecule has 3 rings (SSSR count). The number of aryl methyl sites for hydroxylation is 2. The quantitative estimate of drug-likeness (QED) is 0.763. The van der Waals surface area contributed by atoms with Crippen LogP contribution in [-0.4, -0.2) is 58.0 Å². The van der Waals surface area contributed by atoms with Crippen molar-refractivity contribution in [1.82, 2.24) is 9.21 Å². The number of hydrogen-bond donors (Lipinski definition) is 0. The molecule has 1 atom stereocenters. The van der Waals surface area contributed by atoms with Crippen LogP contribution in [0.4, 0.5) is 4.39 Å². The topological polar surface area (TPSA) is 49.9 Å². The van der Waals surface area contributed by atoms with E-state index in [1.165, 1.54) is 19.2 Å². The molecule has 1 aliphatic heterocycles. The minimum Gasteiger partial charge on any atom is -0.496 e. The Morgan fingerprint density at radius 3 is 2.43 bits per heavy atom. The van der Waals surface area contributed by atoms with Crippen molar-refractivity contribution in [2.45, 2.75) is 31.2 Å². The Morgan fingerprint density at radius 2 is 1.82 bits per heavy atom. The zero-order valence-corrected chi connectivity index (χ0v) is 17.8. The number of halogens is 1. The van der Waals surface area contributed by atoms with Crippen LogP contribution < -0.4 is 4.74 Å². The standard InChI is InChI=1S/C21H27FN2O3S/c1-14-10-15(2)21(28(25,26)24-9-8-17(13-24)23(3)4)12-19(14)18-7-6-16(22)11-20(18)27-5/h6-7,10-12,17H,8-9,13H2,1-5H3/t17-/m1/s1. The number of hydrogen-bond acceptors (Lipinski definition) is 4. The van der Waals surface area contributed by atoms with Crippen LogP contribution in [0.3, 0.4) is 0 Å². The summed E-state index contributed by atoms with van der Waals surface area (Å²) in [5, 5.41) is 0. The summed E-state index contributed by atoms with van der Waals surface area (Å²) in [5.41, 5.74) is 3.01. The molecule has 1 saturated heterocycles. The molecule has 2 aromatic carbocycles. The fraction of sp³-hybridized carbons (Fsp3) is 0.429. The predicted molar refractivity (Wildman–Crippen MR) is 109 cm³/mol. The predicted octanol–water partition coefficient (Wildman–Crippen LogP) is 3.44. The van der Waals surface area contributed by atoms with Gasteiger partial charge in [0.25, 0.3) is 0 Å². The van der Waals surface area contributed by atoms with Gasteiger partial charge in [0.05, 0.1) is 12.0 Å². The van der Waals surface area contributed by atoms with Crippen molar-refractivity contribution in [2.75, 3.05) is 34.3 Å². The molecule has 0 aliphatic carbocycles. The van der Waals surface area contributed by atoms with E-state index in [1.807, 2.05) is 34.0 Å². The molecule has 0 spiro atoms. The largest absolute Gasteiger partial charge is 0.496 e. The second-order valence-corrected chi connectivity index (χ2v) is 9.45. The van der Waals surface area contributed by atoms with Crippen LogP contribution >= 0.6 is 0 Å². The van der Waals surface area contributed by atoms with Crippen molar-refractivity contribution in [3.8, 4) is 16.9 Å². The lowest BCUT2D eigenvalue weighted by Gasteiger charge is -2.22. The summed E-state index contributed by atoms with van der Waals surface area (Å²) in [7, 11) is 1.80. The molecule has 1 aliphatic rings. The lowest BCUT2D eigenvalue weighted by Crippen LogP contribution is -2.34. The Morgan fingerprint density at radius 1 is 1.11 bits per heavy atom. The Bertz CT molecular complexity index is 989. The van der Waals surface area contributed by atoms with Crippen molar-refractivity contribution < 1.29 is 17.5 Å². The molecule has 152 valence electrons. The van der Waals surface area contributed by atoms with Gasteiger partial charge < -0.3 is 9.64 Å². The van der Waals surface area contributed by atoms with Gasteiger partial charge >= 0.3 is 0 Å². The van der Waals surface area contributed by atoms with E-state index in [1.54, 1.807) is 16.4 Å². The summed E-state index contributed by atoms with van der Waals surface area (Å²) < 4.78 is 47.2. The van der Waals surface area contributed by atoms with Gasteiger partial charge in [-0.25, -0.2) is 12.8 Å². The maximum atomic E-state index is 13.6. The van der Waals surface area contributed by atoms with E-state index in [-0.39, 0.29) is 6.04 Å². The van der Waals surface area contributed by atoms with E-state index in [9.17, 15) is 12.8 Å². The van der Waals surface area contributed by atoms with Crippen LogP contribution in [0.5, 0.6) is 5.75 Å². The number of ether oxygens (including phenoxy) is 1. The first-order valence-electron chi connectivity index (χ1n) is 9.27. The van der Waals surface area contributed by atoms with Gasteiger partial charge in [-0.05, 0) is 69.3 Å². The highest BCUT2D eigenvalue weighted by Crippen LogP contribution is 2.36. The van der Waals surface area contributed by atoms with Crippen molar-refractivity contribution >= 4 is 10.0 Å². The van der Waals surface area contributed by atoms with E-state index >= 15 is 0 Å². The van der Waals surface area contributed by atoms with Crippen LogP contribution in [0.1, 0.15) is 17.5 Å². The molecular formula is C21H27FN2O3S. The molecule has 0 unspecified atom stereocenters. The summed E-state index contributed by atoms with van der Waals surface area (Å²) in [4.78, 5) is 2.35. The van der Waals surface area contributed by atoms with Gasteiger partial charge in [-0.2, -0.15) is 4.31 Å². The van der Waals surface area contributed by atoms with Crippen LogP contribution in [0.25, 0.3) is 11.1 Å².